The lowest BCUT2D eigenvalue weighted by molar-refractivity contribution is 0.102. The molecule has 9 heteroatoms. The Morgan fingerprint density at radius 3 is 2.41 bits per heavy atom. The Morgan fingerprint density at radius 2 is 1.69 bits per heavy atom. The number of aromatic nitrogens is 2. The first-order chi connectivity index (χ1) is 15.5. The molecule has 1 heterocycles. The van der Waals surface area contributed by atoms with Crippen molar-refractivity contribution < 1.29 is 18.7 Å². The highest BCUT2D eigenvalue weighted by atomic mass is 35.5. The standard InChI is InChI=1S/C23H18ClFN4O3/c1-31-20-8-14-17(11-21(20)32-2)26-12-27-22(14)28-19-10-18(15(24)9-16(19)25)29-23(30)13-6-4-3-5-7-13/h3-12H,1-2H3,(H,29,30)(H,26,27,28). The molecule has 0 unspecified atom stereocenters. The number of benzene rings is 3. The van der Waals surface area contributed by atoms with Crippen molar-refractivity contribution in [3.63, 3.8) is 0 Å². The number of nitrogens with zero attached hydrogens (tertiary/aromatic N) is 2. The molecule has 0 bridgehead atoms. The van der Waals surface area contributed by atoms with Crippen LogP contribution in [0.15, 0.2) is 60.9 Å². The molecule has 1 aromatic heterocycles. The zero-order valence-corrected chi connectivity index (χ0v) is 17.9. The number of fused-ring (bicyclic) bond motifs is 1. The van der Waals surface area contributed by atoms with Gasteiger partial charge in [0, 0.05) is 17.0 Å². The number of halogens is 2. The summed E-state index contributed by atoms with van der Waals surface area (Å²) >= 11 is 6.17. The molecule has 0 radical (unpaired) electrons. The second kappa shape index (κ2) is 9.07. The van der Waals surface area contributed by atoms with Crippen molar-refractivity contribution >= 4 is 45.6 Å². The Labute approximate surface area is 188 Å². The third-order valence-corrected chi connectivity index (χ3v) is 5.05. The lowest BCUT2D eigenvalue weighted by Gasteiger charge is -2.14. The molecular weight excluding hydrogens is 435 g/mol. The van der Waals surface area contributed by atoms with Crippen molar-refractivity contribution in [1.29, 1.82) is 0 Å². The molecule has 4 aromatic rings. The van der Waals surface area contributed by atoms with Crippen molar-refractivity contribution in [2.45, 2.75) is 0 Å². The van der Waals surface area contributed by atoms with E-state index in [9.17, 15) is 9.18 Å². The maximum atomic E-state index is 14.7. The molecule has 0 aliphatic carbocycles. The maximum absolute atomic E-state index is 14.7. The van der Waals surface area contributed by atoms with Crippen LogP contribution in [0.4, 0.5) is 21.6 Å². The van der Waals surface area contributed by atoms with E-state index in [2.05, 4.69) is 20.6 Å². The predicted molar refractivity (Wildman–Crippen MR) is 122 cm³/mol. The van der Waals surface area contributed by atoms with Gasteiger partial charge in [0.2, 0.25) is 0 Å². The molecule has 0 saturated carbocycles. The van der Waals surface area contributed by atoms with Crippen LogP contribution in [0.5, 0.6) is 11.5 Å². The molecule has 32 heavy (non-hydrogen) atoms. The van der Waals surface area contributed by atoms with Gasteiger partial charge >= 0.3 is 0 Å². The molecule has 7 nitrogen and oxygen atoms in total. The Bertz CT molecular complexity index is 1300. The van der Waals surface area contributed by atoms with Crippen LogP contribution in [0.2, 0.25) is 5.02 Å². The number of rotatable bonds is 6. The minimum absolute atomic E-state index is 0.0660. The molecule has 0 fully saturated rings. The first kappa shape index (κ1) is 21.3. The number of nitrogens with one attached hydrogen (secondary N) is 2. The molecule has 1 amide bonds. The van der Waals surface area contributed by atoms with E-state index in [1.807, 2.05) is 0 Å². The molecular formula is C23H18ClFN4O3. The van der Waals surface area contributed by atoms with E-state index in [1.165, 1.54) is 26.6 Å². The Balaban J connectivity index is 1.70. The highest BCUT2D eigenvalue weighted by molar-refractivity contribution is 6.34. The Kier molecular flexibility index (Phi) is 6.04. The summed E-state index contributed by atoms with van der Waals surface area (Å²) in [6.07, 6.45) is 1.35. The van der Waals surface area contributed by atoms with Gasteiger partial charge in [-0.1, -0.05) is 29.8 Å². The fourth-order valence-electron chi connectivity index (χ4n) is 3.13. The van der Waals surface area contributed by atoms with E-state index < -0.39 is 5.82 Å². The van der Waals surface area contributed by atoms with Crippen LogP contribution in [-0.4, -0.2) is 30.1 Å². The van der Waals surface area contributed by atoms with Crippen LogP contribution in [0.3, 0.4) is 0 Å². The summed E-state index contributed by atoms with van der Waals surface area (Å²) in [4.78, 5) is 21.0. The quantitative estimate of drug-likeness (QED) is 0.405. The molecule has 0 aliphatic rings. The topological polar surface area (TPSA) is 85.4 Å². The number of hydrogen-bond acceptors (Lipinski definition) is 6. The molecule has 0 spiro atoms. The highest BCUT2D eigenvalue weighted by Gasteiger charge is 2.15. The van der Waals surface area contributed by atoms with Crippen molar-refractivity contribution in [3.8, 4) is 11.5 Å². The summed E-state index contributed by atoms with van der Waals surface area (Å²) in [6, 6.07) is 14.6. The van der Waals surface area contributed by atoms with Crippen LogP contribution in [0.1, 0.15) is 10.4 Å². The summed E-state index contributed by atoms with van der Waals surface area (Å²) in [6.45, 7) is 0. The van der Waals surface area contributed by atoms with E-state index in [1.54, 1.807) is 42.5 Å². The van der Waals surface area contributed by atoms with Gasteiger partial charge in [-0.05, 0) is 30.3 Å². The summed E-state index contributed by atoms with van der Waals surface area (Å²) in [5.41, 5.74) is 1.35. The van der Waals surface area contributed by atoms with Gasteiger partial charge in [-0.25, -0.2) is 14.4 Å². The monoisotopic (exact) mass is 452 g/mol. The summed E-state index contributed by atoms with van der Waals surface area (Å²) in [5, 5.41) is 6.31. The van der Waals surface area contributed by atoms with Crippen LogP contribution in [0, 0.1) is 5.82 Å². The molecule has 0 saturated heterocycles. The normalized spacial score (nSPS) is 10.6. The minimum atomic E-state index is -0.611. The fourth-order valence-corrected chi connectivity index (χ4v) is 3.33. The molecule has 3 aromatic carbocycles. The van der Waals surface area contributed by atoms with Gasteiger partial charge in [0.15, 0.2) is 11.5 Å². The number of amides is 1. The van der Waals surface area contributed by atoms with Gasteiger partial charge < -0.3 is 20.1 Å². The summed E-state index contributed by atoms with van der Waals surface area (Å²) < 4.78 is 25.3. The highest BCUT2D eigenvalue weighted by Crippen LogP contribution is 2.36. The van der Waals surface area contributed by atoms with Crippen LogP contribution >= 0.6 is 11.6 Å². The zero-order chi connectivity index (χ0) is 22.7. The van der Waals surface area contributed by atoms with Crippen molar-refractivity contribution in [1.82, 2.24) is 9.97 Å². The predicted octanol–water partition coefficient (Wildman–Crippen LogP) is 5.44. The van der Waals surface area contributed by atoms with Gasteiger partial charge in [-0.2, -0.15) is 0 Å². The van der Waals surface area contributed by atoms with Gasteiger partial charge in [-0.15, -0.1) is 0 Å². The van der Waals surface area contributed by atoms with Crippen molar-refractivity contribution in [2.24, 2.45) is 0 Å². The number of ether oxygens (including phenoxy) is 2. The summed E-state index contributed by atoms with van der Waals surface area (Å²) in [7, 11) is 3.04. The first-order valence-corrected chi connectivity index (χ1v) is 9.87. The molecule has 2 N–H and O–H groups in total. The number of anilines is 3. The largest absolute Gasteiger partial charge is 0.493 e. The average molecular weight is 453 g/mol. The molecule has 162 valence electrons. The number of carbonyl (C=O) groups excluding carboxylic acids is 1. The van der Waals surface area contributed by atoms with Gasteiger partial charge in [0.25, 0.3) is 5.91 Å². The van der Waals surface area contributed by atoms with E-state index in [4.69, 9.17) is 21.1 Å². The SMILES string of the molecule is COc1cc2ncnc(Nc3cc(NC(=O)c4ccccc4)c(Cl)cc3F)c2cc1OC. The Morgan fingerprint density at radius 1 is 0.969 bits per heavy atom. The molecule has 4 rings (SSSR count). The van der Waals surface area contributed by atoms with Crippen LogP contribution < -0.4 is 20.1 Å². The molecule has 0 aliphatic heterocycles. The maximum Gasteiger partial charge on any atom is 0.255 e. The second-order valence-corrected chi connectivity index (χ2v) is 7.11. The van der Waals surface area contributed by atoms with Crippen LogP contribution in [0.25, 0.3) is 10.9 Å². The lowest BCUT2D eigenvalue weighted by Crippen LogP contribution is -2.12. The average Bonchev–Trinajstić information content (AvgIpc) is 2.81. The van der Waals surface area contributed by atoms with Crippen molar-refractivity contribution in [2.75, 3.05) is 24.9 Å². The number of carbonyl (C=O) groups is 1. The number of methoxy groups -OCH3 is 2. The number of hydrogen-bond donors (Lipinski definition) is 2. The molecule has 0 atom stereocenters. The lowest BCUT2D eigenvalue weighted by atomic mass is 10.2. The Hall–Kier alpha value is -3.91. The fraction of sp³-hybridized carbons (Fsp3) is 0.0870. The van der Waals surface area contributed by atoms with Gasteiger partial charge in [0.1, 0.15) is 18.0 Å². The van der Waals surface area contributed by atoms with E-state index in [0.29, 0.717) is 33.8 Å². The van der Waals surface area contributed by atoms with Gasteiger partial charge in [-0.3, -0.25) is 4.79 Å². The van der Waals surface area contributed by atoms with Crippen molar-refractivity contribution in [3.05, 3.63) is 77.3 Å². The third kappa shape index (κ3) is 4.26. The van der Waals surface area contributed by atoms with E-state index in [-0.39, 0.29) is 22.3 Å². The van der Waals surface area contributed by atoms with E-state index in [0.717, 1.165) is 6.07 Å². The smallest absolute Gasteiger partial charge is 0.255 e. The van der Waals surface area contributed by atoms with E-state index >= 15 is 0 Å². The van der Waals surface area contributed by atoms with Gasteiger partial charge in [0.05, 0.1) is 36.1 Å². The minimum Gasteiger partial charge on any atom is -0.493 e. The summed E-state index contributed by atoms with van der Waals surface area (Å²) in [5.74, 6) is 0.352. The van der Waals surface area contributed by atoms with Crippen LogP contribution in [-0.2, 0) is 0 Å². The second-order valence-electron chi connectivity index (χ2n) is 6.70. The first-order valence-electron chi connectivity index (χ1n) is 9.49. The zero-order valence-electron chi connectivity index (χ0n) is 17.1. The third-order valence-electron chi connectivity index (χ3n) is 4.73.